The normalized spacial score (nSPS) is 19.9. The van der Waals surface area contributed by atoms with E-state index in [1.54, 1.807) is 36.5 Å². The van der Waals surface area contributed by atoms with Gasteiger partial charge in [0.1, 0.15) is 0 Å². The van der Waals surface area contributed by atoms with Gasteiger partial charge >= 0.3 is 0 Å². The van der Waals surface area contributed by atoms with Gasteiger partial charge in [-0.25, -0.2) is 8.42 Å². The number of ether oxygens (including phenoxy) is 1. The highest BCUT2D eigenvalue weighted by atomic mass is 32.2. The van der Waals surface area contributed by atoms with Crippen LogP contribution in [0.25, 0.3) is 10.9 Å². The van der Waals surface area contributed by atoms with E-state index in [0.29, 0.717) is 30.1 Å². The first-order chi connectivity index (χ1) is 16.5. The number of benzene rings is 2. The van der Waals surface area contributed by atoms with E-state index in [0.717, 1.165) is 44.7 Å². The fourth-order valence-electron chi connectivity index (χ4n) is 4.83. The zero-order valence-electron chi connectivity index (χ0n) is 19.1. The molecule has 7 nitrogen and oxygen atoms in total. The Balaban J connectivity index is 1.25. The molecule has 0 bridgehead atoms. The van der Waals surface area contributed by atoms with Crippen molar-refractivity contribution in [3.8, 4) is 0 Å². The first kappa shape index (κ1) is 23.0. The van der Waals surface area contributed by atoms with Gasteiger partial charge in [-0.3, -0.25) is 14.7 Å². The van der Waals surface area contributed by atoms with Gasteiger partial charge < -0.3 is 9.64 Å². The van der Waals surface area contributed by atoms with Crippen LogP contribution in [0, 0.1) is 5.92 Å². The second-order valence-corrected chi connectivity index (χ2v) is 11.0. The van der Waals surface area contributed by atoms with Gasteiger partial charge in [-0.05, 0) is 55.2 Å². The lowest BCUT2D eigenvalue weighted by molar-refractivity contribution is 0.0274. The maximum Gasteiger partial charge on any atom is 0.253 e. The van der Waals surface area contributed by atoms with Crippen molar-refractivity contribution < 1.29 is 17.9 Å². The van der Waals surface area contributed by atoms with Crippen molar-refractivity contribution in [2.75, 3.05) is 45.9 Å². The third kappa shape index (κ3) is 4.71. The van der Waals surface area contributed by atoms with E-state index in [1.807, 2.05) is 17.0 Å². The molecule has 2 aliphatic heterocycles. The highest BCUT2D eigenvalue weighted by Crippen LogP contribution is 2.27. The third-order valence-corrected chi connectivity index (χ3v) is 8.53. The zero-order valence-corrected chi connectivity index (χ0v) is 19.9. The lowest BCUT2D eigenvalue weighted by Crippen LogP contribution is -2.50. The lowest BCUT2D eigenvalue weighted by Gasteiger charge is -2.37. The monoisotopic (exact) mass is 479 g/mol. The molecule has 178 valence electrons. The summed E-state index contributed by atoms with van der Waals surface area (Å²) in [5, 5.41) is 0.769. The average Bonchev–Trinajstić information content (AvgIpc) is 2.89. The number of rotatable bonds is 5. The second kappa shape index (κ2) is 9.82. The summed E-state index contributed by atoms with van der Waals surface area (Å²) in [5.41, 5.74) is 0.951. The highest BCUT2D eigenvalue weighted by Gasteiger charge is 2.26. The molecule has 34 heavy (non-hydrogen) atoms. The molecule has 0 spiro atoms. The van der Waals surface area contributed by atoms with Crippen LogP contribution < -0.4 is 0 Å². The molecular weight excluding hydrogens is 450 g/mol. The number of hydrogen-bond donors (Lipinski definition) is 0. The first-order valence-corrected chi connectivity index (χ1v) is 13.3. The smallest absolute Gasteiger partial charge is 0.253 e. The molecule has 0 saturated carbocycles. The fourth-order valence-corrected chi connectivity index (χ4v) is 6.26. The maximum atomic E-state index is 13.3. The Kier molecular flexibility index (Phi) is 6.63. The van der Waals surface area contributed by atoms with Crippen LogP contribution >= 0.6 is 0 Å². The number of piperazine rings is 1. The van der Waals surface area contributed by atoms with Gasteiger partial charge in [0.15, 0.2) is 0 Å². The van der Waals surface area contributed by atoms with Crippen LogP contribution in [0.2, 0.25) is 0 Å². The quantitative estimate of drug-likeness (QED) is 0.559. The van der Waals surface area contributed by atoms with Crippen molar-refractivity contribution in [1.29, 1.82) is 0 Å². The molecule has 1 amide bonds. The van der Waals surface area contributed by atoms with Crippen molar-refractivity contribution in [2.24, 2.45) is 5.92 Å². The van der Waals surface area contributed by atoms with Crippen LogP contribution in [-0.4, -0.2) is 75.0 Å². The Hall–Kier alpha value is -2.81. The zero-order chi connectivity index (χ0) is 23.5. The number of aromatic nitrogens is 1. The summed E-state index contributed by atoms with van der Waals surface area (Å²) < 4.78 is 32.1. The minimum Gasteiger partial charge on any atom is -0.381 e. The maximum absolute atomic E-state index is 13.3. The Bertz CT molecular complexity index is 1260. The van der Waals surface area contributed by atoms with Gasteiger partial charge in [-0.1, -0.05) is 18.2 Å². The molecular formula is C26H29N3O4S. The summed E-state index contributed by atoms with van der Waals surface area (Å²) in [6.07, 6.45) is 3.93. The van der Waals surface area contributed by atoms with Crippen LogP contribution in [0.4, 0.5) is 0 Å². The lowest BCUT2D eigenvalue weighted by atomic mass is 10.0. The molecule has 2 aliphatic rings. The summed E-state index contributed by atoms with van der Waals surface area (Å²) in [4.78, 5) is 21.9. The molecule has 5 rings (SSSR count). The number of para-hydroxylation sites is 1. The highest BCUT2D eigenvalue weighted by molar-refractivity contribution is 7.91. The molecule has 1 atom stereocenters. The molecule has 2 saturated heterocycles. The van der Waals surface area contributed by atoms with E-state index in [-0.39, 0.29) is 15.7 Å². The Morgan fingerprint density at radius 3 is 2.50 bits per heavy atom. The van der Waals surface area contributed by atoms with Gasteiger partial charge in [0.05, 0.1) is 21.9 Å². The predicted molar refractivity (Wildman–Crippen MR) is 130 cm³/mol. The third-order valence-electron chi connectivity index (χ3n) is 6.73. The molecule has 0 N–H and O–H groups in total. The summed E-state index contributed by atoms with van der Waals surface area (Å²) in [5.74, 6) is 0.527. The molecule has 3 aromatic rings. The molecule has 0 aliphatic carbocycles. The molecule has 2 fully saturated rings. The SMILES string of the molecule is O=C(c1ccc(S(=O)(=O)c2cccc3cccnc23)cc1)N1CCN(C[C@H]2CCCOC2)CC1. The minimum absolute atomic E-state index is 0.0589. The molecule has 8 heteroatoms. The Morgan fingerprint density at radius 1 is 1.00 bits per heavy atom. The summed E-state index contributed by atoms with van der Waals surface area (Å²) >= 11 is 0. The topological polar surface area (TPSA) is 79.8 Å². The minimum atomic E-state index is -3.76. The summed E-state index contributed by atoms with van der Waals surface area (Å²) in [6, 6.07) is 15.0. The van der Waals surface area contributed by atoms with Crippen molar-refractivity contribution in [3.63, 3.8) is 0 Å². The molecule has 0 radical (unpaired) electrons. The van der Waals surface area contributed by atoms with Crippen LogP contribution in [0.5, 0.6) is 0 Å². The van der Waals surface area contributed by atoms with Gasteiger partial charge in [0.25, 0.3) is 5.91 Å². The van der Waals surface area contributed by atoms with Gasteiger partial charge in [0.2, 0.25) is 9.84 Å². The van der Waals surface area contributed by atoms with Crippen LogP contribution in [-0.2, 0) is 14.6 Å². The molecule has 1 aromatic heterocycles. The van der Waals surface area contributed by atoms with E-state index in [9.17, 15) is 13.2 Å². The summed E-state index contributed by atoms with van der Waals surface area (Å²) in [6.45, 7) is 5.78. The largest absolute Gasteiger partial charge is 0.381 e. The van der Waals surface area contributed by atoms with E-state index in [4.69, 9.17) is 4.74 Å². The number of carbonyl (C=O) groups excluding carboxylic acids is 1. The van der Waals surface area contributed by atoms with Crippen LogP contribution in [0.3, 0.4) is 0 Å². The summed E-state index contributed by atoms with van der Waals surface area (Å²) in [7, 11) is -3.76. The van der Waals surface area contributed by atoms with Crippen molar-refractivity contribution in [2.45, 2.75) is 22.6 Å². The number of sulfone groups is 1. The van der Waals surface area contributed by atoms with E-state index < -0.39 is 9.84 Å². The van der Waals surface area contributed by atoms with Crippen LogP contribution in [0.15, 0.2) is 70.6 Å². The number of fused-ring (bicyclic) bond motifs is 1. The molecule has 3 heterocycles. The number of hydrogen-bond acceptors (Lipinski definition) is 6. The Labute approximate surface area is 200 Å². The Morgan fingerprint density at radius 2 is 1.76 bits per heavy atom. The van der Waals surface area contributed by atoms with Crippen molar-refractivity contribution in [3.05, 3.63) is 66.4 Å². The fraction of sp³-hybridized carbons (Fsp3) is 0.385. The van der Waals surface area contributed by atoms with E-state index in [2.05, 4.69) is 9.88 Å². The predicted octanol–water partition coefficient (Wildman–Crippen LogP) is 3.25. The number of pyridine rings is 1. The molecule has 2 aromatic carbocycles. The molecule has 0 unspecified atom stereocenters. The average molecular weight is 480 g/mol. The van der Waals surface area contributed by atoms with E-state index >= 15 is 0 Å². The first-order valence-electron chi connectivity index (χ1n) is 11.8. The number of carbonyl (C=O) groups is 1. The van der Waals surface area contributed by atoms with Gasteiger partial charge in [-0.15, -0.1) is 0 Å². The van der Waals surface area contributed by atoms with E-state index in [1.165, 1.54) is 18.6 Å². The van der Waals surface area contributed by atoms with Gasteiger partial charge in [0, 0.05) is 56.5 Å². The van der Waals surface area contributed by atoms with Crippen molar-refractivity contribution >= 4 is 26.6 Å². The van der Waals surface area contributed by atoms with Gasteiger partial charge in [-0.2, -0.15) is 0 Å². The second-order valence-electron chi connectivity index (χ2n) is 9.04. The number of amides is 1. The van der Waals surface area contributed by atoms with Crippen molar-refractivity contribution in [1.82, 2.24) is 14.8 Å². The van der Waals surface area contributed by atoms with Crippen LogP contribution in [0.1, 0.15) is 23.2 Å². The standard InChI is InChI=1S/C26H29N3O4S/c30-26(29-15-13-28(14-16-29)18-20-4-3-17-33-19-20)22-8-10-23(11-9-22)34(31,32)24-7-1-5-21-6-2-12-27-25(21)24/h1-2,5-12,20H,3-4,13-19H2/t20-/m1/s1. The number of nitrogens with zero attached hydrogens (tertiary/aromatic N) is 3.